The monoisotopic (exact) mass is 375 g/mol. The lowest BCUT2D eigenvalue weighted by molar-refractivity contribution is -0.138. The first-order valence-electron chi connectivity index (χ1n) is 7.64. The molecule has 2 N–H and O–H groups in total. The molecule has 0 atom stereocenters. The van der Waals surface area contributed by atoms with Crippen molar-refractivity contribution in [3.63, 3.8) is 0 Å². The van der Waals surface area contributed by atoms with E-state index in [1.807, 2.05) is 11.9 Å². The van der Waals surface area contributed by atoms with Gasteiger partial charge in [-0.1, -0.05) is 11.6 Å². The lowest BCUT2D eigenvalue weighted by Crippen LogP contribution is -2.46. The van der Waals surface area contributed by atoms with Gasteiger partial charge in [0.25, 0.3) is 0 Å². The molecule has 1 heterocycles. The molecule has 2 rings (SSSR count). The van der Waals surface area contributed by atoms with E-state index in [1.165, 1.54) is 0 Å². The minimum Gasteiger partial charge on any atom is -0.480 e. The van der Waals surface area contributed by atoms with Crippen LogP contribution in [-0.2, 0) is 9.59 Å². The highest BCUT2D eigenvalue weighted by Crippen LogP contribution is 2.16. The summed E-state index contributed by atoms with van der Waals surface area (Å²) >= 11 is 5.81. The molecule has 0 spiro atoms. The average Bonchev–Trinajstić information content (AvgIpc) is 2.49. The molecule has 24 heavy (non-hydrogen) atoms. The molecule has 0 radical (unpaired) electrons. The van der Waals surface area contributed by atoms with Crippen LogP contribution in [0.15, 0.2) is 24.3 Å². The maximum Gasteiger partial charge on any atom is 0.317 e. The Morgan fingerprint density at radius 1 is 1.29 bits per heavy atom. The van der Waals surface area contributed by atoms with E-state index in [4.69, 9.17) is 16.7 Å². The molecule has 0 bridgehead atoms. The second-order valence-electron chi connectivity index (χ2n) is 5.87. The zero-order valence-corrected chi connectivity index (χ0v) is 15.1. The highest BCUT2D eigenvalue weighted by molar-refractivity contribution is 6.30. The number of carbonyl (C=O) groups is 2. The van der Waals surface area contributed by atoms with Crippen molar-refractivity contribution < 1.29 is 14.7 Å². The van der Waals surface area contributed by atoms with Gasteiger partial charge in [-0.05, 0) is 44.2 Å². The Bertz CT molecular complexity index is 546. The molecule has 0 aromatic heterocycles. The van der Waals surface area contributed by atoms with E-state index in [0.29, 0.717) is 11.6 Å². The lowest BCUT2D eigenvalue weighted by Gasteiger charge is -2.35. The van der Waals surface area contributed by atoms with Crippen LogP contribution in [-0.4, -0.2) is 66.1 Å². The number of nitrogens with one attached hydrogen (secondary N) is 1. The van der Waals surface area contributed by atoms with Crippen molar-refractivity contribution >= 4 is 41.6 Å². The normalized spacial score (nSPS) is 15.8. The second-order valence-corrected chi connectivity index (χ2v) is 6.31. The minimum atomic E-state index is -0.808. The van der Waals surface area contributed by atoms with E-state index in [1.54, 1.807) is 24.3 Å². The Hall–Kier alpha value is -1.34. The zero-order chi connectivity index (χ0) is 16.8. The SMILES string of the molecule is CN(CC(=O)O)C1CCN(CC(=O)Nc2ccc(Cl)cc2)CC1.Cl. The van der Waals surface area contributed by atoms with Gasteiger partial charge in [-0.2, -0.15) is 0 Å². The van der Waals surface area contributed by atoms with Crippen molar-refractivity contribution in [1.82, 2.24) is 9.80 Å². The summed E-state index contributed by atoms with van der Waals surface area (Å²) in [5.74, 6) is -0.859. The Kier molecular flexibility index (Phi) is 8.48. The second kappa shape index (κ2) is 9.84. The number of halogens is 2. The van der Waals surface area contributed by atoms with E-state index in [-0.39, 0.29) is 30.9 Å². The van der Waals surface area contributed by atoms with Gasteiger partial charge in [-0.15, -0.1) is 12.4 Å². The summed E-state index contributed by atoms with van der Waals surface area (Å²) < 4.78 is 0. The highest BCUT2D eigenvalue weighted by atomic mass is 35.5. The molecule has 1 aliphatic heterocycles. The third-order valence-electron chi connectivity index (χ3n) is 4.06. The molecular formula is C16H23Cl2N3O3. The lowest BCUT2D eigenvalue weighted by atomic mass is 10.0. The van der Waals surface area contributed by atoms with E-state index in [2.05, 4.69) is 10.2 Å². The molecule has 1 aromatic carbocycles. The Morgan fingerprint density at radius 2 is 1.88 bits per heavy atom. The van der Waals surface area contributed by atoms with Gasteiger partial charge in [0.15, 0.2) is 0 Å². The number of likely N-dealkylation sites (tertiary alicyclic amines) is 1. The average molecular weight is 376 g/mol. The molecule has 0 aliphatic carbocycles. The summed E-state index contributed by atoms with van der Waals surface area (Å²) in [7, 11) is 1.84. The van der Waals surface area contributed by atoms with Gasteiger partial charge in [0, 0.05) is 29.8 Å². The first-order valence-corrected chi connectivity index (χ1v) is 8.01. The molecule has 134 valence electrons. The summed E-state index contributed by atoms with van der Waals surface area (Å²) in [6.45, 7) is 1.99. The number of aliphatic carboxylic acids is 1. The van der Waals surface area contributed by atoms with Crippen LogP contribution in [0.25, 0.3) is 0 Å². The van der Waals surface area contributed by atoms with Crippen LogP contribution in [0.5, 0.6) is 0 Å². The minimum absolute atomic E-state index is 0. The van der Waals surface area contributed by atoms with Crippen LogP contribution in [0.3, 0.4) is 0 Å². The van der Waals surface area contributed by atoms with Crippen LogP contribution < -0.4 is 5.32 Å². The van der Waals surface area contributed by atoms with E-state index in [0.717, 1.165) is 31.6 Å². The van der Waals surface area contributed by atoms with Crippen molar-refractivity contribution in [2.75, 3.05) is 38.5 Å². The summed E-state index contributed by atoms with van der Waals surface area (Å²) in [6, 6.07) is 7.28. The van der Waals surface area contributed by atoms with Crippen molar-refractivity contribution in [3.05, 3.63) is 29.3 Å². The van der Waals surface area contributed by atoms with Crippen LogP contribution in [0.2, 0.25) is 5.02 Å². The number of hydrogen-bond acceptors (Lipinski definition) is 4. The van der Waals surface area contributed by atoms with Crippen LogP contribution in [0.1, 0.15) is 12.8 Å². The van der Waals surface area contributed by atoms with Gasteiger partial charge in [0.2, 0.25) is 5.91 Å². The quantitative estimate of drug-likeness (QED) is 0.796. The number of nitrogens with zero attached hydrogens (tertiary/aromatic N) is 2. The van der Waals surface area contributed by atoms with Crippen molar-refractivity contribution in [1.29, 1.82) is 0 Å². The largest absolute Gasteiger partial charge is 0.480 e. The predicted molar refractivity (Wildman–Crippen MR) is 97.1 cm³/mol. The Balaban J connectivity index is 0.00000288. The zero-order valence-electron chi connectivity index (χ0n) is 13.6. The van der Waals surface area contributed by atoms with Crippen LogP contribution in [0, 0.1) is 0 Å². The predicted octanol–water partition coefficient (Wildman–Crippen LogP) is 2.18. The molecule has 6 nitrogen and oxygen atoms in total. The fourth-order valence-corrected chi connectivity index (χ4v) is 2.92. The van der Waals surface area contributed by atoms with Gasteiger partial charge in [-0.25, -0.2) is 0 Å². The number of piperidine rings is 1. The summed E-state index contributed by atoms with van der Waals surface area (Å²) in [5, 5.41) is 12.3. The van der Waals surface area contributed by atoms with Gasteiger partial charge in [0.1, 0.15) is 0 Å². The molecule has 1 amide bonds. The standard InChI is InChI=1S/C16H22ClN3O3.ClH/c1-19(11-16(22)23)14-6-8-20(9-7-14)10-15(21)18-13-4-2-12(17)3-5-13;/h2-5,14H,6-11H2,1H3,(H,18,21)(H,22,23);1H. The molecule has 8 heteroatoms. The number of hydrogen-bond donors (Lipinski definition) is 2. The molecular weight excluding hydrogens is 353 g/mol. The summed E-state index contributed by atoms with van der Waals surface area (Å²) in [4.78, 5) is 26.8. The molecule has 1 saturated heterocycles. The topological polar surface area (TPSA) is 72.9 Å². The van der Waals surface area contributed by atoms with E-state index < -0.39 is 5.97 Å². The van der Waals surface area contributed by atoms with Crippen molar-refractivity contribution in [2.45, 2.75) is 18.9 Å². The fraction of sp³-hybridized carbons (Fsp3) is 0.500. The summed E-state index contributed by atoms with van der Waals surface area (Å²) in [5.41, 5.74) is 0.732. The smallest absolute Gasteiger partial charge is 0.317 e. The van der Waals surface area contributed by atoms with Crippen LogP contribution in [0.4, 0.5) is 5.69 Å². The maximum atomic E-state index is 12.1. The van der Waals surface area contributed by atoms with E-state index >= 15 is 0 Å². The Morgan fingerprint density at radius 3 is 2.42 bits per heavy atom. The number of benzene rings is 1. The van der Waals surface area contributed by atoms with Gasteiger partial charge in [-0.3, -0.25) is 19.4 Å². The number of anilines is 1. The number of rotatable bonds is 6. The van der Waals surface area contributed by atoms with Gasteiger partial charge in [0.05, 0.1) is 13.1 Å². The van der Waals surface area contributed by atoms with E-state index in [9.17, 15) is 9.59 Å². The summed E-state index contributed by atoms with van der Waals surface area (Å²) in [6.07, 6.45) is 1.75. The molecule has 1 fully saturated rings. The van der Waals surface area contributed by atoms with Gasteiger partial charge < -0.3 is 10.4 Å². The number of amides is 1. The van der Waals surface area contributed by atoms with Crippen LogP contribution >= 0.6 is 24.0 Å². The third-order valence-corrected chi connectivity index (χ3v) is 4.31. The number of likely N-dealkylation sites (N-methyl/N-ethyl adjacent to an activating group) is 1. The molecule has 0 unspecified atom stereocenters. The van der Waals surface area contributed by atoms with Crippen molar-refractivity contribution in [3.8, 4) is 0 Å². The number of carbonyl (C=O) groups excluding carboxylic acids is 1. The molecule has 0 saturated carbocycles. The van der Waals surface area contributed by atoms with Crippen molar-refractivity contribution in [2.24, 2.45) is 0 Å². The fourth-order valence-electron chi connectivity index (χ4n) is 2.80. The highest BCUT2D eigenvalue weighted by Gasteiger charge is 2.24. The third kappa shape index (κ3) is 6.65. The number of carboxylic acid groups (broad SMARTS) is 1. The molecule has 1 aromatic rings. The molecule has 1 aliphatic rings. The first kappa shape index (κ1) is 20.7. The number of carboxylic acids is 1. The van der Waals surface area contributed by atoms with Gasteiger partial charge >= 0.3 is 5.97 Å². The Labute approximate surface area is 153 Å². The maximum absolute atomic E-state index is 12.1. The first-order chi connectivity index (χ1) is 10.9.